The Balaban J connectivity index is 3.05. The topological polar surface area (TPSA) is 23.8 Å². The zero-order valence-corrected chi connectivity index (χ0v) is 8.56. The molecule has 1 aromatic carbocycles. The fraction of sp³-hybridized carbons (Fsp3) is 0.125. The molecule has 0 aliphatic heterocycles. The highest BCUT2D eigenvalue weighted by Crippen LogP contribution is 2.17. The van der Waals surface area contributed by atoms with Gasteiger partial charge in [-0.15, -0.1) is 0 Å². The first-order valence-electron chi connectivity index (χ1n) is 3.05. The largest absolute Gasteiger partial charge is 0.198 e. The molecule has 0 fully saturated rings. The van der Waals surface area contributed by atoms with Crippen LogP contribution in [0, 0.1) is 14.9 Å². The molecule has 0 radical (unpaired) electrons. The molecule has 0 atom stereocenters. The smallest absolute Gasteiger partial charge is 0.0670 e. The molecule has 0 spiro atoms. The number of nitrogens with zero attached hydrogens (tertiary/aromatic N) is 1. The first-order valence-corrected chi connectivity index (χ1v) is 4.50. The molecule has 0 amide bonds. The summed E-state index contributed by atoms with van der Waals surface area (Å²) in [6, 6.07) is 7.65. The van der Waals surface area contributed by atoms with Gasteiger partial charge in [-0.25, -0.2) is 0 Å². The number of nitriles is 1. The average Bonchev–Trinajstić information content (AvgIpc) is 1.98. The van der Waals surface area contributed by atoms with Crippen LogP contribution in [0.3, 0.4) is 0 Å². The molecule has 0 bridgehead atoms. The first-order chi connectivity index (χ1) is 5.24. The second-order valence-corrected chi connectivity index (χ2v) is 3.67. The van der Waals surface area contributed by atoms with Gasteiger partial charge in [0.25, 0.3) is 0 Å². The van der Waals surface area contributed by atoms with Gasteiger partial charge in [-0.1, -0.05) is 11.6 Å². The Labute approximate surface area is 84.1 Å². The summed E-state index contributed by atoms with van der Waals surface area (Å²) in [5, 5.41) is 9.13. The van der Waals surface area contributed by atoms with Crippen LogP contribution in [-0.2, 0) is 6.42 Å². The van der Waals surface area contributed by atoms with Crippen molar-refractivity contribution in [1.82, 2.24) is 0 Å². The summed E-state index contributed by atoms with van der Waals surface area (Å²) in [4.78, 5) is 0. The molecule has 0 unspecified atom stereocenters. The number of hydrogen-bond acceptors (Lipinski definition) is 1. The van der Waals surface area contributed by atoms with E-state index in [4.69, 9.17) is 16.9 Å². The lowest BCUT2D eigenvalue weighted by atomic mass is 10.2. The molecule has 3 heteroatoms. The Morgan fingerprint density at radius 3 is 2.91 bits per heavy atom. The molecular weight excluding hydrogens is 272 g/mol. The summed E-state index contributed by atoms with van der Waals surface area (Å²) < 4.78 is 1.09. The Hall–Kier alpha value is -0.270. The second-order valence-electron chi connectivity index (χ2n) is 2.07. The predicted octanol–water partition coefficient (Wildman–Crippen LogP) is 3.01. The van der Waals surface area contributed by atoms with Gasteiger partial charge in [0.05, 0.1) is 12.5 Å². The number of hydrogen-bond donors (Lipinski definition) is 0. The van der Waals surface area contributed by atoms with Gasteiger partial charge in [-0.2, -0.15) is 5.26 Å². The summed E-state index contributed by atoms with van der Waals surface area (Å²) in [5.41, 5.74) is 1.00. The van der Waals surface area contributed by atoms with Crippen LogP contribution in [0.15, 0.2) is 18.2 Å². The lowest BCUT2D eigenvalue weighted by Gasteiger charge is -1.98. The van der Waals surface area contributed by atoms with Crippen LogP contribution >= 0.6 is 34.2 Å². The van der Waals surface area contributed by atoms with Crippen molar-refractivity contribution in [1.29, 1.82) is 5.26 Å². The Morgan fingerprint density at radius 1 is 1.55 bits per heavy atom. The van der Waals surface area contributed by atoms with Crippen molar-refractivity contribution in [2.24, 2.45) is 0 Å². The van der Waals surface area contributed by atoms with Crippen LogP contribution in [0.1, 0.15) is 5.56 Å². The third-order valence-corrected chi connectivity index (χ3v) is 2.56. The molecule has 0 aliphatic rings. The predicted molar refractivity (Wildman–Crippen MR) is 53.5 cm³/mol. The Bertz CT molecular complexity index is 303. The van der Waals surface area contributed by atoms with Crippen LogP contribution in [-0.4, -0.2) is 0 Å². The van der Waals surface area contributed by atoms with Gasteiger partial charge in [-0.3, -0.25) is 0 Å². The van der Waals surface area contributed by atoms with E-state index in [0.29, 0.717) is 11.4 Å². The van der Waals surface area contributed by atoms with Gasteiger partial charge in [-0.05, 0) is 46.4 Å². The van der Waals surface area contributed by atoms with Gasteiger partial charge >= 0.3 is 0 Å². The van der Waals surface area contributed by atoms with E-state index in [-0.39, 0.29) is 0 Å². The lowest BCUT2D eigenvalue weighted by molar-refractivity contribution is 1.24. The second kappa shape index (κ2) is 3.93. The minimum atomic E-state index is 0.429. The fourth-order valence-electron chi connectivity index (χ4n) is 0.764. The van der Waals surface area contributed by atoms with Crippen molar-refractivity contribution >= 4 is 34.2 Å². The van der Waals surface area contributed by atoms with Crippen molar-refractivity contribution < 1.29 is 0 Å². The van der Waals surface area contributed by atoms with E-state index in [1.54, 1.807) is 0 Å². The zero-order chi connectivity index (χ0) is 8.27. The monoisotopic (exact) mass is 277 g/mol. The van der Waals surface area contributed by atoms with Gasteiger partial charge in [0.1, 0.15) is 0 Å². The van der Waals surface area contributed by atoms with E-state index in [9.17, 15) is 0 Å². The molecule has 1 nitrogen and oxygen atoms in total. The van der Waals surface area contributed by atoms with Crippen molar-refractivity contribution in [3.8, 4) is 6.07 Å². The maximum absolute atomic E-state index is 8.44. The number of halogens is 2. The molecule has 0 saturated heterocycles. The molecular formula is C8H5ClIN. The van der Waals surface area contributed by atoms with Crippen molar-refractivity contribution in [3.63, 3.8) is 0 Å². The summed E-state index contributed by atoms with van der Waals surface area (Å²) in [5.74, 6) is 0. The fourth-order valence-corrected chi connectivity index (χ4v) is 1.48. The van der Waals surface area contributed by atoms with Crippen LogP contribution in [0.2, 0.25) is 5.02 Å². The molecule has 11 heavy (non-hydrogen) atoms. The van der Waals surface area contributed by atoms with Gasteiger partial charge < -0.3 is 0 Å². The van der Waals surface area contributed by atoms with Gasteiger partial charge in [0.15, 0.2) is 0 Å². The maximum atomic E-state index is 8.44. The van der Waals surface area contributed by atoms with Crippen LogP contribution in [0.25, 0.3) is 0 Å². The third-order valence-electron chi connectivity index (χ3n) is 1.28. The van der Waals surface area contributed by atoms with E-state index < -0.39 is 0 Å². The van der Waals surface area contributed by atoms with Crippen molar-refractivity contribution in [3.05, 3.63) is 32.4 Å². The standard InChI is InChI=1S/C8H5ClIN/c9-7-1-2-8(10)6(5-7)3-4-11/h1-2,5H,3H2. The highest BCUT2D eigenvalue weighted by molar-refractivity contribution is 14.1. The lowest BCUT2D eigenvalue weighted by Crippen LogP contribution is -1.85. The molecule has 0 heterocycles. The van der Waals surface area contributed by atoms with E-state index in [0.717, 1.165) is 9.13 Å². The summed E-state index contributed by atoms with van der Waals surface area (Å²) in [6.45, 7) is 0. The molecule has 0 aliphatic carbocycles. The zero-order valence-electron chi connectivity index (χ0n) is 5.64. The quantitative estimate of drug-likeness (QED) is 0.724. The third kappa shape index (κ3) is 2.35. The first kappa shape index (κ1) is 8.82. The summed E-state index contributed by atoms with van der Waals surface area (Å²) in [7, 11) is 0. The molecule has 1 rings (SSSR count). The Kier molecular flexibility index (Phi) is 3.16. The van der Waals surface area contributed by atoms with Crippen molar-refractivity contribution in [2.75, 3.05) is 0 Å². The van der Waals surface area contributed by atoms with Crippen molar-refractivity contribution in [2.45, 2.75) is 6.42 Å². The minimum Gasteiger partial charge on any atom is -0.198 e. The summed E-state index contributed by atoms with van der Waals surface area (Å²) >= 11 is 7.93. The highest BCUT2D eigenvalue weighted by atomic mass is 127. The molecule has 0 aromatic heterocycles. The van der Waals surface area contributed by atoms with Crippen LogP contribution < -0.4 is 0 Å². The maximum Gasteiger partial charge on any atom is 0.0670 e. The summed E-state index contributed by atoms with van der Waals surface area (Å²) in [6.07, 6.45) is 0.429. The molecule has 56 valence electrons. The molecule has 0 N–H and O–H groups in total. The van der Waals surface area contributed by atoms with E-state index in [1.165, 1.54) is 0 Å². The SMILES string of the molecule is N#CCc1cc(Cl)ccc1I. The van der Waals surface area contributed by atoms with E-state index in [1.807, 2.05) is 18.2 Å². The molecule has 1 aromatic rings. The van der Waals surface area contributed by atoms with E-state index >= 15 is 0 Å². The number of benzene rings is 1. The van der Waals surface area contributed by atoms with Crippen LogP contribution in [0.5, 0.6) is 0 Å². The Morgan fingerprint density at radius 2 is 2.27 bits per heavy atom. The normalized spacial score (nSPS) is 9.18. The van der Waals surface area contributed by atoms with Gasteiger partial charge in [0, 0.05) is 8.59 Å². The molecule has 0 saturated carbocycles. The number of rotatable bonds is 1. The van der Waals surface area contributed by atoms with Gasteiger partial charge in [0.2, 0.25) is 0 Å². The highest BCUT2D eigenvalue weighted by Gasteiger charge is 1.98. The minimum absolute atomic E-state index is 0.429. The van der Waals surface area contributed by atoms with E-state index in [2.05, 4.69) is 28.7 Å². The van der Waals surface area contributed by atoms with Crippen LogP contribution in [0.4, 0.5) is 0 Å². The average molecular weight is 277 g/mol.